The van der Waals surface area contributed by atoms with Gasteiger partial charge in [0.1, 0.15) is 0 Å². The topological polar surface area (TPSA) is 66.4 Å². The Kier molecular flexibility index (Phi) is 4.55. The number of carboxylic acids is 1. The molecule has 0 spiro atoms. The SMILES string of the molecule is CCSCC(C)NC(=O)C1C2C=CC(C2)C1C(=O)O. The highest BCUT2D eigenvalue weighted by molar-refractivity contribution is 7.99. The molecule has 5 heteroatoms. The molecule has 0 saturated heterocycles. The maximum atomic E-state index is 12.3. The largest absolute Gasteiger partial charge is 0.481 e. The molecule has 0 aromatic heterocycles. The molecule has 106 valence electrons. The van der Waals surface area contributed by atoms with Crippen molar-refractivity contribution < 1.29 is 14.7 Å². The van der Waals surface area contributed by atoms with Crippen LogP contribution >= 0.6 is 11.8 Å². The fraction of sp³-hybridized carbons (Fsp3) is 0.714. The number of hydrogen-bond donors (Lipinski definition) is 2. The van der Waals surface area contributed by atoms with Gasteiger partial charge >= 0.3 is 5.97 Å². The summed E-state index contributed by atoms with van der Waals surface area (Å²) in [5.74, 6) is 0.185. The van der Waals surface area contributed by atoms with Crippen LogP contribution in [0.15, 0.2) is 12.2 Å². The summed E-state index contributed by atoms with van der Waals surface area (Å²) in [6, 6.07) is 0.0926. The number of aliphatic carboxylic acids is 1. The molecule has 2 bridgehead atoms. The highest BCUT2D eigenvalue weighted by Crippen LogP contribution is 2.48. The first-order valence-corrected chi connectivity index (χ1v) is 7.99. The average molecular weight is 283 g/mol. The van der Waals surface area contributed by atoms with E-state index in [1.807, 2.05) is 19.1 Å². The van der Waals surface area contributed by atoms with E-state index in [9.17, 15) is 14.7 Å². The number of fused-ring (bicyclic) bond motifs is 2. The Balaban J connectivity index is 1.98. The van der Waals surface area contributed by atoms with Crippen LogP contribution in [0.25, 0.3) is 0 Å². The Morgan fingerprint density at radius 2 is 2.00 bits per heavy atom. The molecule has 4 nitrogen and oxygen atoms in total. The molecular weight excluding hydrogens is 262 g/mol. The molecule has 19 heavy (non-hydrogen) atoms. The number of amides is 1. The van der Waals surface area contributed by atoms with E-state index in [-0.39, 0.29) is 29.7 Å². The minimum atomic E-state index is -0.840. The van der Waals surface area contributed by atoms with Gasteiger partial charge in [-0.25, -0.2) is 0 Å². The second-order valence-electron chi connectivity index (χ2n) is 5.41. The summed E-state index contributed by atoms with van der Waals surface area (Å²) in [4.78, 5) is 23.7. The van der Waals surface area contributed by atoms with Crippen molar-refractivity contribution >= 4 is 23.6 Å². The quantitative estimate of drug-likeness (QED) is 0.729. The fourth-order valence-corrected chi connectivity index (χ4v) is 3.86. The molecule has 5 unspecified atom stereocenters. The molecule has 1 saturated carbocycles. The van der Waals surface area contributed by atoms with Crippen molar-refractivity contribution in [3.8, 4) is 0 Å². The zero-order valence-electron chi connectivity index (χ0n) is 11.3. The average Bonchev–Trinajstić information content (AvgIpc) is 2.95. The molecule has 2 N–H and O–H groups in total. The lowest BCUT2D eigenvalue weighted by atomic mass is 9.82. The second-order valence-corrected chi connectivity index (χ2v) is 6.73. The number of carboxylic acid groups (broad SMARTS) is 1. The Bertz CT molecular complexity index is 396. The van der Waals surface area contributed by atoms with Gasteiger partial charge in [-0.05, 0) is 30.9 Å². The lowest BCUT2D eigenvalue weighted by Crippen LogP contribution is -2.44. The molecular formula is C14H21NO3S. The number of allylic oxidation sites excluding steroid dienone is 2. The van der Waals surface area contributed by atoms with Gasteiger partial charge in [0.25, 0.3) is 0 Å². The third kappa shape index (κ3) is 2.96. The first-order valence-electron chi connectivity index (χ1n) is 6.83. The van der Waals surface area contributed by atoms with Crippen LogP contribution in [0, 0.1) is 23.7 Å². The Labute approximate surface area is 118 Å². The smallest absolute Gasteiger partial charge is 0.307 e. The maximum Gasteiger partial charge on any atom is 0.307 e. The van der Waals surface area contributed by atoms with Gasteiger partial charge < -0.3 is 10.4 Å². The lowest BCUT2D eigenvalue weighted by Gasteiger charge is -2.25. The van der Waals surface area contributed by atoms with Crippen LogP contribution in [0.3, 0.4) is 0 Å². The first-order chi connectivity index (χ1) is 9.04. The predicted molar refractivity (Wildman–Crippen MR) is 76.0 cm³/mol. The molecule has 1 amide bonds. The Hall–Kier alpha value is -0.970. The zero-order chi connectivity index (χ0) is 14.0. The molecule has 0 aliphatic heterocycles. The predicted octanol–water partition coefficient (Wildman–Crippen LogP) is 1.77. The molecule has 2 rings (SSSR count). The minimum absolute atomic E-state index is 0.0403. The van der Waals surface area contributed by atoms with Gasteiger partial charge in [-0.2, -0.15) is 11.8 Å². The van der Waals surface area contributed by atoms with Gasteiger partial charge in [-0.3, -0.25) is 9.59 Å². The Morgan fingerprint density at radius 1 is 1.37 bits per heavy atom. The van der Waals surface area contributed by atoms with E-state index >= 15 is 0 Å². The summed E-state index contributed by atoms with van der Waals surface area (Å²) in [6.45, 7) is 4.06. The van der Waals surface area contributed by atoms with Crippen LogP contribution in [0.2, 0.25) is 0 Å². The van der Waals surface area contributed by atoms with Gasteiger partial charge in [0.05, 0.1) is 11.8 Å². The van der Waals surface area contributed by atoms with Gasteiger partial charge in [-0.1, -0.05) is 19.1 Å². The van der Waals surface area contributed by atoms with E-state index in [0.717, 1.165) is 17.9 Å². The monoisotopic (exact) mass is 283 g/mol. The van der Waals surface area contributed by atoms with E-state index in [0.29, 0.717) is 0 Å². The van der Waals surface area contributed by atoms with Crippen molar-refractivity contribution in [2.45, 2.75) is 26.3 Å². The highest BCUT2D eigenvalue weighted by atomic mass is 32.2. The third-order valence-electron chi connectivity index (χ3n) is 4.01. The van der Waals surface area contributed by atoms with Crippen LogP contribution in [0.4, 0.5) is 0 Å². The van der Waals surface area contributed by atoms with E-state index in [1.54, 1.807) is 11.8 Å². The van der Waals surface area contributed by atoms with Gasteiger partial charge in [0, 0.05) is 11.8 Å². The third-order valence-corrected chi connectivity index (χ3v) is 5.15. The lowest BCUT2D eigenvalue weighted by molar-refractivity contribution is -0.147. The first kappa shape index (κ1) is 14.4. The normalized spacial score (nSPS) is 33.4. The number of carbonyl (C=O) groups excluding carboxylic acids is 1. The summed E-state index contributed by atoms with van der Waals surface area (Å²) in [5, 5.41) is 12.3. The summed E-state index contributed by atoms with van der Waals surface area (Å²) < 4.78 is 0. The molecule has 5 atom stereocenters. The van der Waals surface area contributed by atoms with Crippen molar-refractivity contribution in [3.63, 3.8) is 0 Å². The van der Waals surface area contributed by atoms with Crippen molar-refractivity contribution in [1.29, 1.82) is 0 Å². The zero-order valence-corrected chi connectivity index (χ0v) is 12.2. The molecule has 0 heterocycles. The number of thioether (sulfide) groups is 1. The van der Waals surface area contributed by atoms with Crippen LogP contribution in [-0.2, 0) is 9.59 Å². The van der Waals surface area contributed by atoms with Crippen LogP contribution < -0.4 is 5.32 Å². The maximum absolute atomic E-state index is 12.3. The number of hydrogen-bond acceptors (Lipinski definition) is 3. The van der Waals surface area contributed by atoms with Crippen molar-refractivity contribution in [1.82, 2.24) is 5.32 Å². The van der Waals surface area contributed by atoms with Gasteiger partial charge in [0.15, 0.2) is 0 Å². The van der Waals surface area contributed by atoms with Crippen molar-refractivity contribution in [3.05, 3.63) is 12.2 Å². The number of carbonyl (C=O) groups is 2. The van der Waals surface area contributed by atoms with E-state index in [2.05, 4.69) is 12.2 Å². The summed E-state index contributed by atoms with van der Waals surface area (Å²) in [5.41, 5.74) is 0. The van der Waals surface area contributed by atoms with Crippen LogP contribution in [-0.4, -0.2) is 34.5 Å². The van der Waals surface area contributed by atoms with Gasteiger partial charge in [0.2, 0.25) is 5.91 Å². The summed E-state index contributed by atoms with van der Waals surface area (Å²) >= 11 is 1.78. The van der Waals surface area contributed by atoms with Gasteiger partial charge in [-0.15, -0.1) is 0 Å². The van der Waals surface area contributed by atoms with E-state index < -0.39 is 11.9 Å². The van der Waals surface area contributed by atoms with Crippen LogP contribution in [0.5, 0.6) is 0 Å². The van der Waals surface area contributed by atoms with E-state index in [4.69, 9.17) is 0 Å². The Morgan fingerprint density at radius 3 is 2.58 bits per heavy atom. The number of rotatable bonds is 6. The van der Waals surface area contributed by atoms with Crippen molar-refractivity contribution in [2.24, 2.45) is 23.7 Å². The molecule has 0 aromatic rings. The molecule has 0 radical (unpaired) electrons. The summed E-state index contributed by atoms with van der Waals surface area (Å²) in [6.07, 6.45) is 4.79. The second kappa shape index (κ2) is 5.99. The van der Waals surface area contributed by atoms with Crippen molar-refractivity contribution in [2.75, 3.05) is 11.5 Å². The molecule has 2 aliphatic rings. The fourth-order valence-electron chi connectivity index (χ4n) is 3.19. The van der Waals surface area contributed by atoms with Crippen LogP contribution in [0.1, 0.15) is 20.3 Å². The minimum Gasteiger partial charge on any atom is -0.481 e. The van der Waals surface area contributed by atoms with E-state index in [1.165, 1.54) is 0 Å². The molecule has 0 aromatic carbocycles. The highest BCUT2D eigenvalue weighted by Gasteiger charge is 2.51. The molecule has 2 aliphatic carbocycles. The standard InChI is InChI=1S/C14H21NO3S/c1-3-19-7-8(2)15-13(16)11-9-4-5-10(6-9)12(11)14(17)18/h4-5,8-12H,3,6-7H2,1-2H3,(H,15,16)(H,17,18). The summed E-state index contributed by atoms with van der Waals surface area (Å²) in [7, 11) is 0. The molecule has 1 fully saturated rings. The number of nitrogens with one attached hydrogen (secondary N) is 1.